The summed E-state index contributed by atoms with van der Waals surface area (Å²) in [5, 5.41) is 10.2. The third kappa shape index (κ3) is 3.74. The van der Waals surface area contributed by atoms with E-state index in [0.29, 0.717) is 34.7 Å². The number of benzene rings is 1. The number of hydrogen-bond donors (Lipinski definition) is 2. The normalized spacial score (nSPS) is 18.5. The Morgan fingerprint density at radius 1 is 1.23 bits per heavy atom. The first-order valence-electron chi connectivity index (χ1n) is 10.3. The lowest BCUT2D eigenvalue weighted by atomic mass is 10.1. The van der Waals surface area contributed by atoms with Crippen LogP contribution in [0.25, 0.3) is 11.7 Å². The van der Waals surface area contributed by atoms with Gasteiger partial charge in [0.25, 0.3) is 5.91 Å². The first-order valence-corrected chi connectivity index (χ1v) is 10.3. The zero-order valence-electron chi connectivity index (χ0n) is 17.4. The summed E-state index contributed by atoms with van der Waals surface area (Å²) >= 11 is 0. The molecule has 5 rings (SSSR count). The molecule has 9 nitrogen and oxygen atoms in total. The predicted molar refractivity (Wildman–Crippen MR) is 116 cm³/mol. The van der Waals surface area contributed by atoms with Crippen molar-refractivity contribution in [2.75, 3.05) is 17.3 Å². The Kier molecular flexibility index (Phi) is 4.65. The fraction of sp³-hybridized carbons (Fsp3) is 0.318. The van der Waals surface area contributed by atoms with Crippen LogP contribution in [0.3, 0.4) is 0 Å². The van der Waals surface area contributed by atoms with E-state index in [9.17, 15) is 9.59 Å². The molecule has 3 heterocycles. The Balaban J connectivity index is 1.57. The highest BCUT2D eigenvalue weighted by atomic mass is 16.2. The number of rotatable bonds is 6. The molecule has 2 aromatic heterocycles. The summed E-state index contributed by atoms with van der Waals surface area (Å²) in [6.07, 6.45) is 5.58. The van der Waals surface area contributed by atoms with Crippen LogP contribution in [0.1, 0.15) is 43.4 Å². The number of fused-ring (bicyclic) bond motifs is 1. The second-order valence-corrected chi connectivity index (χ2v) is 8.02. The summed E-state index contributed by atoms with van der Waals surface area (Å²) in [6.45, 7) is 2.10. The second-order valence-electron chi connectivity index (χ2n) is 8.02. The SMILES string of the molecule is C[C@@H](c1ccccc1)N(C)c1nc(NC2CC2)n2ncc(/C=C3\CC(=O)NC3=O)c2n1. The van der Waals surface area contributed by atoms with E-state index in [-0.39, 0.29) is 24.3 Å². The molecule has 2 N–H and O–H groups in total. The molecule has 0 unspecified atom stereocenters. The average molecular weight is 417 g/mol. The highest BCUT2D eigenvalue weighted by Crippen LogP contribution is 2.29. The number of nitrogens with zero attached hydrogens (tertiary/aromatic N) is 5. The van der Waals surface area contributed by atoms with Crippen LogP contribution in [0, 0.1) is 0 Å². The topological polar surface area (TPSA) is 105 Å². The molecule has 1 aromatic carbocycles. The number of hydrogen-bond acceptors (Lipinski definition) is 7. The Morgan fingerprint density at radius 2 is 2.00 bits per heavy atom. The van der Waals surface area contributed by atoms with Gasteiger partial charge >= 0.3 is 0 Å². The van der Waals surface area contributed by atoms with E-state index in [2.05, 4.69) is 34.8 Å². The zero-order chi connectivity index (χ0) is 21.5. The van der Waals surface area contributed by atoms with E-state index < -0.39 is 0 Å². The van der Waals surface area contributed by atoms with Gasteiger partial charge in [-0.3, -0.25) is 14.9 Å². The molecule has 2 aliphatic rings. The van der Waals surface area contributed by atoms with E-state index in [1.807, 2.05) is 30.1 Å². The quantitative estimate of drug-likeness (QED) is 0.468. The lowest BCUT2D eigenvalue weighted by molar-refractivity contribution is -0.124. The summed E-state index contributed by atoms with van der Waals surface area (Å²) in [6, 6.07) is 10.6. The highest BCUT2D eigenvalue weighted by Gasteiger charge is 2.27. The number of aromatic nitrogens is 4. The van der Waals surface area contributed by atoms with Crippen LogP contribution in [0.4, 0.5) is 11.9 Å². The average Bonchev–Trinajstić information content (AvgIpc) is 3.41. The van der Waals surface area contributed by atoms with Gasteiger partial charge in [-0.05, 0) is 31.4 Å². The summed E-state index contributed by atoms with van der Waals surface area (Å²) in [7, 11) is 1.96. The van der Waals surface area contributed by atoms with Crippen molar-refractivity contribution in [3.05, 3.63) is 53.2 Å². The molecule has 9 heteroatoms. The Bertz CT molecular complexity index is 1200. The van der Waals surface area contributed by atoms with Gasteiger partial charge in [0.05, 0.1) is 18.7 Å². The summed E-state index contributed by atoms with van der Waals surface area (Å²) in [4.78, 5) is 35.1. The van der Waals surface area contributed by atoms with E-state index in [0.717, 1.165) is 18.4 Å². The van der Waals surface area contributed by atoms with Crippen molar-refractivity contribution in [1.82, 2.24) is 24.9 Å². The molecule has 0 bridgehead atoms. The Morgan fingerprint density at radius 3 is 2.68 bits per heavy atom. The number of amides is 2. The van der Waals surface area contributed by atoms with Gasteiger partial charge in [-0.2, -0.15) is 19.6 Å². The number of anilines is 2. The van der Waals surface area contributed by atoms with Crippen molar-refractivity contribution in [2.24, 2.45) is 0 Å². The number of carbonyl (C=O) groups excluding carboxylic acids is 2. The maximum absolute atomic E-state index is 12.0. The van der Waals surface area contributed by atoms with Crippen molar-refractivity contribution in [1.29, 1.82) is 0 Å². The number of carbonyl (C=O) groups is 2. The van der Waals surface area contributed by atoms with Crippen LogP contribution in [0.15, 0.2) is 42.1 Å². The van der Waals surface area contributed by atoms with Crippen LogP contribution < -0.4 is 15.5 Å². The minimum Gasteiger partial charge on any atom is -0.351 e. The maximum atomic E-state index is 12.0. The zero-order valence-corrected chi connectivity index (χ0v) is 17.4. The van der Waals surface area contributed by atoms with E-state index in [1.165, 1.54) is 0 Å². The Labute approximate surface area is 179 Å². The lowest BCUT2D eigenvalue weighted by Crippen LogP contribution is -2.25. The van der Waals surface area contributed by atoms with Gasteiger partial charge in [-0.15, -0.1) is 0 Å². The highest BCUT2D eigenvalue weighted by molar-refractivity contribution is 6.15. The van der Waals surface area contributed by atoms with Crippen molar-refractivity contribution in [3.63, 3.8) is 0 Å². The first kappa shape index (κ1) is 19.2. The van der Waals surface area contributed by atoms with E-state index in [4.69, 9.17) is 9.97 Å². The first-order chi connectivity index (χ1) is 15.0. The van der Waals surface area contributed by atoms with Crippen LogP contribution in [-0.4, -0.2) is 44.5 Å². The molecule has 1 saturated carbocycles. The molecule has 1 aliphatic carbocycles. The fourth-order valence-electron chi connectivity index (χ4n) is 3.58. The molecule has 0 radical (unpaired) electrons. The van der Waals surface area contributed by atoms with Gasteiger partial charge in [0.15, 0.2) is 5.65 Å². The minimum absolute atomic E-state index is 0.0559. The Hall–Kier alpha value is -3.75. The summed E-state index contributed by atoms with van der Waals surface area (Å²) in [5.74, 6) is 0.505. The van der Waals surface area contributed by atoms with Gasteiger partial charge in [0.2, 0.25) is 17.8 Å². The van der Waals surface area contributed by atoms with Crippen molar-refractivity contribution in [2.45, 2.75) is 38.3 Å². The van der Waals surface area contributed by atoms with Crippen LogP contribution >= 0.6 is 0 Å². The summed E-state index contributed by atoms with van der Waals surface area (Å²) < 4.78 is 1.66. The van der Waals surface area contributed by atoms with Gasteiger partial charge in [-0.25, -0.2) is 0 Å². The van der Waals surface area contributed by atoms with E-state index >= 15 is 0 Å². The van der Waals surface area contributed by atoms with Gasteiger partial charge in [0, 0.05) is 24.2 Å². The second kappa shape index (κ2) is 7.50. The molecule has 1 saturated heterocycles. The van der Waals surface area contributed by atoms with Crippen LogP contribution in [-0.2, 0) is 9.59 Å². The molecule has 0 spiro atoms. The van der Waals surface area contributed by atoms with Crippen molar-refractivity contribution >= 4 is 35.4 Å². The molecular weight excluding hydrogens is 394 g/mol. The number of nitrogens with one attached hydrogen (secondary N) is 2. The molecule has 2 fully saturated rings. The largest absolute Gasteiger partial charge is 0.351 e. The lowest BCUT2D eigenvalue weighted by Gasteiger charge is -2.25. The molecule has 3 aromatic rings. The van der Waals surface area contributed by atoms with Crippen molar-refractivity contribution < 1.29 is 9.59 Å². The standard InChI is InChI=1S/C22H23N7O2/c1-13(14-6-4-3-5-7-14)28(2)21-26-19-16(10-15-11-18(30)25-20(15)31)12-23-29(19)22(27-21)24-17-8-9-17/h3-7,10,12-13,17H,8-9,11H2,1-2H3,(H,24,26,27)(H,25,30,31)/b15-10+/t13-/m0/s1. The molecule has 31 heavy (non-hydrogen) atoms. The van der Waals surface area contributed by atoms with Gasteiger partial charge in [0.1, 0.15) is 0 Å². The maximum Gasteiger partial charge on any atom is 0.254 e. The molecule has 158 valence electrons. The molecule has 1 aliphatic heterocycles. The minimum atomic E-state index is -0.371. The molecule has 1 atom stereocenters. The monoisotopic (exact) mass is 417 g/mol. The van der Waals surface area contributed by atoms with Gasteiger partial charge < -0.3 is 10.2 Å². The smallest absolute Gasteiger partial charge is 0.254 e. The fourth-order valence-corrected chi connectivity index (χ4v) is 3.58. The van der Waals surface area contributed by atoms with Gasteiger partial charge in [-0.1, -0.05) is 30.3 Å². The summed E-state index contributed by atoms with van der Waals surface area (Å²) in [5.41, 5.74) is 2.81. The van der Waals surface area contributed by atoms with Crippen LogP contribution in [0.5, 0.6) is 0 Å². The van der Waals surface area contributed by atoms with Crippen molar-refractivity contribution in [3.8, 4) is 0 Å². The number of imide groups is 1. The molecular formula is C22H23N7O2. The van der Waals surface area contributed by atoms with E-state index in [1.54, 1.807) is 16.8 Å². The predicted octanol–water partition coefficient (Wildman–Crippen LogP) is 2.33. The molecule has 2 amide bonds. The third-order valence-corrected chi connectivity index (χ3v) is 5.70. The van der Waals surface area contributed by atoms with Crippen LogP contribution in [0.2, 0.25) is 0 Å². The third-order valence-electron chi connectivity index (χ3n) is 5.70.